The number of aliphatic carboxylic acids is 1. The van der Waals surface area contributed by atoms with Gasteiger partial charge in [-0.2, -0.15) is 0 Å². The molecule has 2 N–H and O–H groups in total. The predicted molar refractivity (Wildman–Crippen MR) is 80.5 cm³/mol. The van der Waals surface area contributed by atoms with Crippen LogP contribution >= 0.6 is 0 Å². The first-order chi connectivity index (χ1) is 10.1. The highest BCUT2D eigenvalue weighted by Crippen LogP contribution is 2.14. The van der Waals surface area contributed by atoms with E-state index in [1.54, 1.807) is 30.3 Å². The van der Waals surface area contributed by atoms with Gasteiger partial charge in [0.15, 0.2) is 0 Å². The van der Waals surface area contributed by atoms with Gasteiger partial charge in [-0.25, -0.2) is 4.79 Å². The molecule has 0 spiro atoms. The van der Waals surface area contributed by atoms with Gasteiger partial charge in [0.05, 0.1) is 6.61 Å². The zero-order valence-corrected chi connectivity index (χ0v) is 12.2. The van der Waals surface area contributed by atoms with Gasteiger partial charge >= 0.3 is 5.97 Å². The summed E-state index contributed by atoms with van der Waals surface area (Å²) in [6.07, 6.45) is 3.34. The van der Waals surface area contributed by atoms with E-state index in [4.69, 9.17) is 9.84 Å². The average Bonchev–Trinajstić information content (AvgIpc) is 2.49. The Labute approximate surface area is 124 Å². The molecule has 0 saturated heterocycles. The molecule has 0 bridgehead atoms. The molecule has 0 radical (unpaired) electrons. The zero-order valence-electron chi connectivity index (χ0n) is 12.2. The van der Waals surface area contributed by atoms with Crippen LogP contribution in [0.15, 0.2) is 36.9 Å². The van der Waals surface area contributed by atoms with Gasteiger partial charge in [-0.15, -0.1) is 6.58 Å². The Hall–Kier alpha value is -2.30. The second kappa shape index (κ2) is 8.79. The van der Waals surface area contributed by atoms with E-state index in [-0.39, 0.29) is 0 Å². The van der Waals surface area contributed by atoms with Crippen molar-refractivity contribution in [2.45, 2.75) is 32.2 Å². The van der Waals surface area contributed by atoms with Gasteiger partial charge in [0, 0.05) is 5.56 Å². The normalized spacial score (nSPS) is 11.5. The summed E-state index contributed by atoms with van der Waals surface area (Å²) >= 11 is 0. The Balaban J connectivity index is 2.72. The molecule has 5 nitrogen and oxygen atoms in total. The monoisotopic (exact) mass is 291 g/mol. The summed E-state index contributed by atoms with van der Waals surface area (Å²) in [6, 6.07) is 5.78. The number of ether oxygens (including phenoxy) is 1. The first kappa shape index (κ1) is 16.8. The number of benzene rings is 1. The van der Waals surface area contributed by atoms with Crippen molar-refractivity contribution in [2.75, 3.05) is 6.61 Å². The Morgan fingerprint density at radius 1 is 1.48 bits per heavy atom. The third-order valence-corrected chi connectivity index (χ3v) is 2.83. The summed E-state index contributed by atoms with van der Waals surface area (Å²) in [4.78, 5) is 23.2. The van der Waals surface area contributed by atoms with Crippen LogP contribution < -0.4 is 10.1 Å². The summed E-state index contributed by atoms with van der Waals surface area (Å²) in [7, 11) is 0. The van der Waals surface area contributed by atoms with Gasteiger partial charge in [-0.1, -0.05) is 19.1 Å². The number of carbonyl (C=O) groups excluding carboxylic acids is 1. The summed E-state index contributed by atoms with van der Waals surface area (Å²) < 4.78 is 5.45. The predicted octanol–water partition coefficient (Wildman–Crippen LogP) is 2.62. The van der Waals surface area contributed by atoms with Crippen LogP contribution in [-0.2, 0) is 4.79 Å². The van der Waals surface area contributed by atoms with Crippen molar-refractivity contribution in [2.24, 2.45) is 0 Å². The van der Waals surface area contributed by atoms with Gasteiger partial charge in [0.1, 0.15) is 11.8 Å². The van der Waals surface area contributed by atoms with E-state index in [9.17, 15) is 9.59 Å². The van der Waals surface area contributed by atoms with E-state index in [1.165, 1.54) is 0 Å². The number of carboxylic acid groups (broad SMARTS) is 1. The largest absolute Gasteiger partial charge is 0.494 e. The van der Waals surface area contributed by atoms with E-state index in [2.05, 4.69) is 11.9 Å². The minimum absolute atomic E-state index is 0.316. The molecule has 0 heterocycles. The van der Waals surface area contributed by atoms with E-state index >= 15 is 0 Å². The second-order valence-electron chi connectivity index (χ2n) is 4.61. The number of carboxylic acids is 1. The molecule has 5 heteroatoms. The molecule has 0 aromatic heterocycles. The summed E-state index contributed by atoms with van der Waals surface area (Å²) in [5.41, 5.74) is 0.383. The molecule has 1 amide bonds. The zero-order chi connectivity index (χ0) is 15.7. The summed E-state index contributed by atoms with van der Waals surface area (Å²) in [6.45, 7) is 6.11. The molecular formula is C16H21NO4. The molecule has 1 aromatic rings. The standard InChI is InChI=1S/C16H21NO4/c1-3-5-9-14(16(19)20)17-15(18)12-7-6-8-13(11-12)21-10-4-2/h3,6-8,11,14H,1,4-5,9-10H2,2H3,(H,17,18)(H,19,20). The lowest BCUT2D eigenvalue weighted by molar-refractivity contribution is -0.139. The quantitative estimate of drug-likeness (QED) is 0.686. The van der Waals surface area contributed by atoms with Gasteiger partial charge in [-0.05, 0) is 37.5 Å². The SMILES string of the molecule is C=CCCC(NC(=O)c1cccc(OCCC)c1)C(=O)O. The first-order valence-corrected chi connectivity index (χ1v) is 6.96. The summed E-state index contributed by atoms with van der Waals surface area (Å²) in [5, 5.41) is 11.6. The maximum atomic E-state index is 12.1. The average molecular weight is 291 g/mol. The molecule has 1 rings (SSSR count). The number of allylic oxidation sites excluding steroid dienone is 1. The molecule has 21 heavy (non-hydrogen) atoms. The highest BCUT2D eigenvalue weighted by Gasteiger charge is 2.19. The van der Waals surface area contributed by atoms with Gasteiger partial charge in [0.2, 0.25) is 0 Å². The van der Waals surface area contributed by atoms with Crippen molar-refractivity contribution in [3.05, 3.63) is 42.5 Å². The van der Waals surface area contributed by atoms with Crippen LogP contribution in [-0.4, -0.2) is 29.6 Å². The number of hydrogen-bond acceptors (Lipinski definition) is 3. The van der Waals surface area contributed by atoms with Crippen LogP contribution in [0.25, 0.3) is 0 Å². The lowest BCUT2D eigenvalue weighted by Gasteiger charge is -2.14. The maximum absolute atomic E-state index is 12.1. The summed E-state index contributed by atoms with van der Waals surface area (Å²) in [5.74, 6) is -0.875. The van der Waals surface area contributed by atoms with E-state index in [0.717, 1.165) is 6.42 Å². The molecule has 0 aliphatic carbocycles. The fraction of sp³-hybridized carbons (Fsp3) is 0.375. The number of nitrogens with one attached hydrogen (secondary N) is 1. The molecular weight excluding hydrogens is 270 g/mol. The minimum atomic E-state index is -1.05. The van der Waals surface area contributed by atoms with E-state index in [0.29, 0.717) is 30.8 Å². The highest BCUT2D eigenvalue weighted by molar-refractivity contribution is 5.96. The molecule has 1 unspecified atom stereocenters. The van der Waals surface area contributed by atoms with Crippen LogP contribution in [0.5, 0.6) is 5.75 Å². The maximum Gasteiger partial charge on any atom is 0.326 e. The van der Waals surface area contributed by atoms with Crippen molar-refractivity contribution >= 4 is 11.9 Å². The third-order valence-electron chi connectivity index (χ3n) is 2.83. The Kier molecular flexibility index (Phi) is 7.01. The van der Waals surface area contributed by atoms with Gasteiger partial charge < -0.3 is 15.2 Å². The van der Waals surface area contributed by atoms with E-state index < -0.39 is 17.9 Å². The second-order valence-corrected chi connectivity index (χ2v) is 4.61. The van der Waals surface area contributed by atoms with Crippen molar-refractivity contribution < 1.29 is 19.4 Å². The third kappa shape index (κ3) is 5.69. The molecule has 0 saturated carbocycles. The molecule has 0 aliphatic heterocycles. The van der Waals surface area contributed by atoms with Crippen molar-refractivity contribution in [1.82, 2.24) is 5.32 Å². The number of amides is 1. The Morgan fingerprint density at radius 2 is 2.24 bits per heavy atom. The minimum Gasteiger partial charge on any atom is -0.494 e. The number of carbonyl (C=O) groups is 2. The van der Waals surface area contributed by atoms with Gasteiger partial charge in [0.25, 0.3) is 5.91 Å². The van der Waals surface area contributed by atoms with Gasteiger partial charge in [-0.3, -0.25) is 4.79 Å². The smallest absolute Gasteiger partial charge is 0.326 e. The van der Waals surface area contributed by atoms with Crippen LogP contribution in [0.3, 0.4) is 0 Å². The highest BCUT2D eigenvalue weighted by atomic mass is 16.5. The van der Waals surface area contributed by atoms with Crippen LogP contribution in [0, 0.1) is 0 Å². The van der Waals surface area contributed by atoms with Crippen LogP contribution in [0.4, 0.5) is 0 Å². The lowest BCUT2D eigenvalue weighted by atomic mass is 10.1. The van der Waals surface area contributed by atoms with Crippen molar-refractivity contribution in [3.63, 3.8) is 0 Å². The molecule has 0 aliphatic rings. The fourth-order valence-corrected chi connectivity index (χ4v) is 1.73. The van der Waals surface area contributed by atoms with Crippen LogP contribution in [0.2, 0.25) is 0 Å². The molecule has 1 atom stereocenters. The van der Waals surface area contributed by atoms with Crippen LogP contribution in [0.1, 0.15) is 36.5 Å². The fourth-order valence-electron chi connectivity index (χ4n) is 1.73. The van der Waals surface area contributed by atoms with Crippen molar-refractivity contribution in [3.8, 4) is 5.75 Å². The van der Waals surface area contributed by atoms with E-state index in [1.807, 2.05) is 6.92 Å². The topological polar surface area (TPSA) is 75.6 Å². The Bertz CT molecular complexity index is 499. The number of rotatable bonds is 9. The molecule has 1 aromatic carbocycles. The first-order valence-electron chi connectivity index (χ1n) is 6.96. The lowest BCUT2D eigenvalue weighted by Crippen LogP contribution is -2.40. The molecule has 114 valence electrons. The Morgan fingerprint density at radius 3 is 2.86 bits per heavy atom. The molecule has 0 fully saturated rings. The van der Waals surface area contributed by atoms with Crippen molar-refractivity contribution in [1.29, 1.82) is 0 Å². The number of hydrogen-bond donors (Lipinski definition) is 2.